The van der Waals surface area contributed by atoms with E-state index in [1.807, 2.05) is 30.3 Å². The first-order valence-electron chi connectivity index (χ1n) is 8.66. The fourth-order valence-electron chi connectivity index (χ4n) is 3.94. The molecule has 1 aromatic heterocycles. The number of nitrogens with one attached hydrogen (secondary N) is 1. The van der Waals surface area contributed by atoms with Gasteiger partial charge in [-0.1, -0.05) is 48.5 Å². The molecule has 4 heteroatoms. The van der Waals surface area contributed by atoms with E-state index in [-0.39, 0.29) is 18.1 Å². The molecular formula is C21H22N2O2. The number of aromatic nitrogens is 1. The highest BCUT2D eigenvalue weighted by Crippen LogP contribution is 2.38. The second kappa shape index (κ2) is 6.37. The van der Waals surface area contributed by atoms with Crippen molar-refractivity contribution < 1.29 is 9.53 Å². The Morgan fingerprint density at radius 3 is 2.64 bits per heavy atom. The Kier molecular flexibility index (Phi) is 4.06. The fourth-order valence-corrected chi connectivity index (χ4v) is 3.94. The molecule has 1 unspecified atom stereocenters. The highest BCUT2D eigenvalue weighted by molar-refractivity contribution is 5.87. The monoisotopic (exact) mass is 334 g/mol. The molecule has 0 spiro atoms. The summed E-state index contributed by atoms with van der Waals surface area (Å²) in [4.78, 5) is 18.3. The second-order valence-electron chi connectivity index (χ2n) is 6.64. The molecule has 0 saturated carbocycles. The molecule has 2 aromatic carbocycles. The van der Waals surface area contributed by atoms with E-state index in [0.717, 1.165) is 12.1 Å². The minimum atomic E-state index is -0.271. The largest absolute Gasteiger partial charge is 0.468 e. The number of nitrogens with zero attached hydrogens (tertiary/aromatic N) is 1. The van der Waals surface area contributed by atoms with Crippen molar-refractivity contribution in [2.45, 2.75) is 32.0 Å². The Balaban J connectivity index is 1.78. The lowest BCUT2D eigenvalue weighted by Gasteiger charge is -2.39. The standard InChI is InChI=1S/C21H22N2O2/c1-14-20-17(16-10-6-7-11-18(16)22-20)12-19(21(24)25-2)23(14)13-15-8-4-3-5-9-15/h3-11,14,19,22H,12-13H2,1-2H3/t14?,19-/m0/s1. The van der Waals surface area contributed by atoms with Crippen LogP contribution in [0.25, 0.3) is 10.9 Å². The van der Waals surface area contributed by atoms with Gasteiger partial charge in [-0.3, -0.25) is 9.69 Å². The number of ether oxygens (including phenoxy) is 1. The van der Waals surface area contributed by atoms with Crippen LogP contribution in [0, 0.1) is 0 Å². The van der Waals surface area contributed by atoms with Gasteiger partial charge in [0.05, 0.1) is 7.11 Å². The maximum Gasteiger partial charge on any atom is 0.323 e. The molecule has 0 bridgehead atoms. The van der Waals surface area contributed by atoms with Crippen LogP contribution < -0.4 is 0 Å². The van der Waals surface area contributed by atoms with Crippen LogP contribution >= 0.6 is 0 Å². The molecule has 4 nitrogen and oxygen atoms in total. The molecule has 0 amide bonds. The second-order valence-corrected chi connectivity index (χ2v) is 6.64. The summed E-state index contributed by atoms with van der Waals surface area (Å²) in [5.74, 6) is -0.168. The SMILES string of the molecule is COC(=O)[C@@H]1Cc2c([nH]c3ccccc23)C(C)N1Cc1ccccc1. The zero-order chi connectivity index (χ0) is 17.4. The highest BCUT2D eigenvalue weighted by Gasteiger charge is 2.38. The third-order valence-electron chi connectivity index (χ3n) is 5.24. The average molecular weight is 334 g/mol. The van der Waals surface area contributed by atoms with Crippen molar-refractivity contribution in [1.29, 1.82) is 0 Å². The predicted octanol–water partition coefficient (Wildman–Crippen LogP) is 3.83. The molecule has 1 aliphatic heterocycles. The number of hydrogen-bond donors (Lipinski definition) is 1. The number of fused-ring (bicyclic) bond motifs is 3. The van der Waals surface area contributed by atoms with Crippen LogP contribution in [0.4, 0.5) is 0 Å². The van der Waals surface area contributed by atoms with E-state index in [4.69, 9.17) is 4.74 Å². The quantitative estimate of drug-likeness (QED) is 0.741. The first-order chi connectivity index (χ1) is 12.2. The van der Waals surface area contributed by atoms with Gasteiger partial charge in [-0.2, -0.15) is 0 Å². The van der Waals surface area contributed by atoms with Crippen molar-refractivity contribution in [3.05, 3.63) is 71.4 Å². The summed E-state index contributed by atoms with van der Waals surface area (Å²) < 4.78 is 5.12. The lowest BCUT2D eigenvalue weighted by molar-refractivity contribution is -0.148. The van der Waals surface area contributed by atoms with Crippen LogP contribution in [0.5, 0.6) is 0 Å². The molecule has 3 aromatic rings. The van der Waals surface area contributed by atoms with E-state index in [9.17, 15) is 4.79 Å². The first kappa shape index (κ1) is 15.9. The minimum Gasteiger partial charge on any atom is -0.468 e. The normalized spacial score (nSPS) is 20.4. The lowest BCUT2D eigenvalue weighted by Crippen LogP contribution is -2.47. The summed E-state index contributed by atoms with van der Waals surface area (Å²) in [6, 6.07) is 18.4. The minimum absolute atomic E-state index is 0.112. The zero-order valence-electron chi connectivity index (χ0n) is 14.5. The van der Waals surface area contributed by atoms with Crippen molar-refractivity contribution in [2.75, 3.05) is 7.11 Å². The number of H-pyrrole nitrogens is 1. The van der Waals surface area contributed by atoms with Crippen molar-refractivity contribution in [1.82, 2.24) is 9.88 Å². The molecule has 4 rings (SSSR count). The number of carbonyl (C=O) groups is 1. The molecule has 1 aliphatic rings. The molecule has 1 N–H and O–H groups in total. The maximum absolute atomic E-state index is 12.5. The molecule has 0 radical (unpaired) electrons. The topological polar surface area (TPSA) is 45.3 Å². The van der Waals surface area contributed by atoms with Gasteiger partial charge in [0.2, 0.25) is 0 Å². The fraction of sp³-hybridized carbons (Fsp3) is 0.286. The van der Waals surface area contributed by atoms with E-state index in [0.29, 0.717) is 6.42 Å². The number of aromatic amines is 1. The zero-order valence-corrected chi connectivity index (χ0v) is 14.5. The summed E-state index contributed by atoms with van der Waals surface area (Å²) in [6.07, 6.45) is 0.670. The number of hydrogen-bond acceptors (Lipinski definition) is 3. The van der Waals surface area contributed by atoms with Crippen molar-refractivity contribution in [2.24, 2.45) is 0 Å². The smallest absolute Gasteiger partial charge is 0.323 e. The van der Waals surface area contributed by atoms with Gasteiger partial charge in [-0.05, 0) is 24.1 Å². The van der Waals surface area contributed by atoms with E-state index >= 15 is 0 Å². The Morgan fingerprint density at radius 1 is 1.16 bits per heavy atom. The molecular weight excluding hydrogens is 312 g/mol. The van der Waals surface area contributed by atoms with Gasteiger partial charge in [0, 0.05) is 35.6 Å². The van der Waals surface area contributed by atoms with E-state index in [1.54, 1.807) is 0 Å². The Labute approximate surface area is 147 Å². The molecule has 25 heavy (non-hydrogen) atoms. The molecule has 0 fully saturated rings. The number of rotatable bonds is 3. The van der Waals surface area contributed by atoms with Crippen molar-refractivity contribution in [3.63, 3.8) is 0 Å². The van der Waals surface area contributed by atoms with Gasteiger partial charge in [0.15, 0.2) is 0 Å². The van der Waals surface area contributed by atoms with E-state index in [1.165, 1.54) is 29.3 Å². The summed E-state index contributed by atoms with van der Waals surface area (Å²) in [6.45, 7) is 2.88. The molecule has 0 aliphatic carbocycles. The number of esters is 1. The van der Waals surface area contributed by atoms with Crippen molar-refractivity contribution >= 4 is 16.9 Å². The van der Waals surface area contributed by atoms with Crippen LogP contribution in [0.15, 0.2) is 54.6 Å². The Hall–Kier alpha value is -2.59. The third kappa shape index (κ3) is 2.72. The van der Waals surface area contributed by atoms with Gasteiger partial charge >= 0.3 is 5.97 Å². The summed E-state index contributed by atoms with van der Waals surface area (Å²) in [5, 5.41) is 1.21. The van der Waals surface area contributed by atoms with Crippen LogP contribution in [-0.2, 0) is 22.5 Å². The molecule has 0 saturated heterocycles. The molecule has 128 valence electrons. The maximum atomic E-state index is 12.5. The van der Waals surface area contributed by atoms with Gasteiger partial charge in [0.25, 0.3) is 0 Å². The van der Waals surface area contributed by atoms with Gasteiger partial charge in [0.1, 0.15) is 6.04 Å². The van der Waals surface area contributed by atoms with Gasteiger partial charge in [-0.15, -0.1) is 0 Å². The number of benzene rings is 2. The number of methoxy groups -OCH3 is 1. The summed E-state index contributed by atoms with van der Waals surface area (Å²) in [5.41, 5.74) is 4.77. The number of para-hydroxylation sites is 1. The van der Waals surface area contributed by atoms with Crippen LogP contribution in [-0.4, -0.2) is 29.0 Å². The van der Waals surface area contributed by atoms with Crippen LogP contribution in [0.2, 0.25) is 0 Å². The van der Waals surface area contributed by atoms with Gasteiger partial charge in [-0.25, -0.2) is 0 Å². The number of carbonyl (C=O) groups excluding carboxylic acids is 1. The predicted molar refractivity (Wildman–Crippen MR) is 98.2 cm³/mol. The average Bonchev–Trinajstić information content (AvgIpc) is 3.03. The summed E-state index contributed by atoms with van der Waals surface area (Å²) in [7, 11) is 1.47. The lowest BCUT2D eigenvalue weighted by atomic mass is 9.91. The third-order valence-corrected chi connectivity index (χ3v) is 5.24. The van der Waals surface area contributed by atoms with Crippen LogP contribution in [0.1, 0.15) is 29.8 Å². The Morgan fingerprint density at radius 2 is 1.88 bits per heavy atom. The van der Waals surface area contributed by atoms with Crippen LogP contribution in [0.3, 0.4) is 0 Å². The Bertz CT molecular complexity index is 901. The van der Waals surface area contributed by atoms with E-state index in [2.05, 4.69) is 41.1 Å². The van der Waals surface area contributed by atoms with E-state index < -0.39 is 0 Å². The molecule has 2 atom stereocenters. The van der Waals surface area contributed by atoms with Crippen molar-refractivity contribution in [3.8, 4) is 0 Å². The summed E-state index contributed by atoms with van der Waals surface area (Å²) >= 11 is 0. The van der Waals surface area contributed by atoms with Gasteiger partial charge < -0.3 is 9.72 Å². The highest BCUT2D eigenvalue weighted by atomic mass is 16.5. The molecule has 2 heterocycles. The first-order valence-corrected chi connectivity index (χ1v) is 8.66.